The molecule has 245 valence electrons. The van der Waals surface area contributed by atoms with Crippen LogP contribution in [0, 0.1) is 26.0 Å². The van der Waals surface area contributed by atoms with Crippen molar-refractivity contribution in [3.05, 3.63) is 163 Å². The monoisotopic (exact) mass is 834 g/mol. The van der Waals surface area contributed by atoms with E-state index in [0.29, 0.717) is 33.6 Å². The number of hydrogen-bond donors (Lipinski definition) is 0. The molecule has 8 aromatic rings. The summed E-state index contributed by atoms with van der Waals surface area (Å²) in [6.07, 6.45) is -0.371. The average Bonchev–Trinajstić information content (AvgIpc) is 3.76. The molecule has 0 saturated heterocycles. The molecular weight excluding hydrogens is 800 g/mol. The van der Waals surface area contributed by atoms with Crippen LogP contribution in [0.25, 0.3) is 61.5 Å². The van der Waals surface area contributed by atoms with Gasteiger partial charge >= 0.3 is 6.18 Å². The van der Waals surface area contributed by atoms with Crippen LogP contribution in [0.15, 0.2) is 138 Å². The van der Waals surface area contributed by atoms with Crippen molar-refractivity contribution in [2.24, 2.45) is 0 Å². The molecule has 3 heterocycles. The van der Waals surface area contributed by atoms with Gasteiger partial charge in [0.1, 0.15) is 0 Å². The molecule has 49 heavy (non-hydrogen) atoms. The Balaban J connectivity index is 0.000000211. The average molecular weight is 834 g/mol. The number of fused-ring (bicyclic) bond motifs is 2. The van der Waals surface area contributed by atoms with Crippen LogP contribution in [0.1, 0.15) is 24.9 Å². The SMILES string of the molecule is FC(F)(F)c1ccc2o[c-]c(-c3nc4ccccc4n3-c3ccc(-c4ccccc4)cc3)c2c1.[2H]C([2H])([2H])c1c[c-]c(-c2ccc(C([2H])([2H])[2H])cn2)cc1.[Ir]. The first kappa shape index (κ1) is 26.6. The van der Waals surface area contributed by atoms with Crippen molar-refractivity contribution in [1.29, 1.82) is 0 Å². The number of para-hydroxylation sites is 2. The Hall–Kier alpha value is -5.30. The zero-order valence-electron chi connectivity index (χ0n) is 31.4. The van der Waals surface area contributed by atoms with Gasteiger partial charge in [-0.25, -0.2) is 0 Å². The third kappa shape index (κ3) is 7.12. The van der Waals surface area contributed by atoms with Crippen LogP contribution in [0.5, 0.6) is 0 Å². The summed E-state index contributed by atoms with van der Waals surface area (Å²) < 4.78 is 91.2. The van der Waals surface area contributed by atoms with Gasteiger partial charge in [-0.15, -0.1) is 35.4 Å². The zero-order valence-corrected chi connectivity index (χ0v) is 27.8. The summed E-state index contributed by atoms with van der Waals surface area (Å²) in [7, 11) is 0. The molecule has 8 heteroatoms. The minimum atomic E-state index is -4.46. The van der Waals surface area contributed by atoms with E-state index in [0.717, 1.165) is 40.0 Å². The van der Waals surface area contributed by atoms with Gasteiger partial charge in [-0.05, 0) is 53.5 Å². The minimum absolute atomic E-state index is 0. The molecule has 0 aliphatic carbocycles. The van der Waals surface area contributed by atoms with Crippen molar-refractivity contribution in [1.82, 2.24) is 14.5 Å². The summed E-state index contributed by atoms with van der Waals surface area (Å²) in [6, 6.07) is 39.4. The predicted octanol–water partition coefficient (Wildman–Crippen LogP) is 11.1. The third-order valence-corrected chi connectivity index (χ3v) is 7.71. The van der Waals surface area contributed by atoms with Crippen LogP contribution in [0.2, 0.25) is 0 Å². The van der Waals surface area contributed by atoms with Gasteiger partial charge in [0.05, 0.1) is 16.9 Å². The number of aryl methyl sites for hydroxylation is 2. The summed E-state index contributed by atoms with van der Waals surface area (Å²) in [5, 5.41) is 0.312. The van der Waals surface area contributed by atoms with E-state index in [-0.39, 0.29) is 31.2 Å². The Morgan fingerprint density at radius 3 is 2.20 bits per heavy atom. The maximum atomic E-state index is 13.4. The first-order valence-electron chi connectivity index (χ1n) is 17.8. The number of halogens is 3. The van der Waals surface area contributed by atoms with E-state index in [1.807, 2.05) is 83.4 Å². The third-order valence-electron chi connectivity index (χ3n) is 7.71. The van der Waals surface area contributed by atoms with Crippen molar-refractivity contribution in [2.45, 2.75) is 19.9 Å². The first-order chi connectivity index (χ1) is 25.7. The second kappa shape index (κ2) is 14.0. The maximum absolute atomic E-state index is 13.4. The smallest absolute Gasteiger partial charge is 0.415 e. The zero-order chi connectivity index (χ0) is 38.3. The number of pyridine rings is 1. The van der Waals surface area contributed by atoms with E-state index in [2.05, 4.69) is 17.3 Å². The van der Waals surface area contributed by atoms with Gasteiger partial charge < -0.3 is 14.0 Å². The summed E-state index contributed by atoms with van der Waals surface area (Å²) in [5.74, 6) is 0.465. The number of rotatable bonds is 4. The van der Waals surface area contributed by atoms with Crippen LogP contribution >= 0.6 is 0 Å². The molecule has 0 fully saturated rings. The molecule has 4 nitrogen and oxygen atoms in total. The number of nitrogens with zero attached hydrogens (tertiary/aromatic N) is 3. The van der Waals surface area contributed by atoms with E-state index in [9.17, 15) is 13.2 Å². The standard InChI is InChI=1S/C28H16F3N2O.C13H12N.Ir/c29-28(30,31)20-12-15-26-22(16-20)23(17-34-26)27-32-24-8-4-5-9-25(24)33(27)21-13-10-19(11-14-21)18-6-2-1-3-7-18;1-10-3-6-12(7-4-10)13-8-5-11(2)9-14-13;/h1-16H;3-6,8-9H,1-2H3;/q2*-1;/i;1D3,2D3;. The topological polar surface area (TPSA) is 43.9 Å². The van der Waals surface area contributed by atoms with Crippen molar-refractivity contribution in [2.75, 3.05) is 0 Å². The number of hydrogen-bond acceptors (Lipinski definition) is 3. The molecule has 0 aliphatic heterocycles. The summed E-state index contributed by atoms with van der Waals surface area (Å²) >= 11 is 0. The van der Waals surface area contributed by atoms with Gasteiger partial charge in [0.2, 0.25) is 0 Å². The fourth-order valence-electron chi connectivity index (χ4n) is 5.34. The number of furan rings is 1. The van der Waals surface area contributed by atoms with E-state index < -0.39 is 25.4 Å². The number of alkyl halides is 3. The Morgan fingerprint density at radius 2 is 1.51 bits per heavy atom. The normalized spacial score (nSPS) is 13.5. The summed E-state index contributed by atoms with van der Waals surface area (Å²) in [6.45, 7) is -4.34. The fourth-order valence-corrected chi connectivity index (χ4v) is 5.34. The molecule has 1 radical (unpaired) electrons. The van der Waals surface area contributed by atoms with Gasteiger partial charge in [-0.3, -0.25) is 4.98 Å². The summed E-state index contributed by atoms with van der Waals surface area (Å²) in [5.41, 5.74) is 6.04. The second-order valence-electron chi connectivity index (χ2n) is 10.9. The molecule has 8 rings (SSSR count). The van der Waals surface area contributed by atoms with Gasteiger partial charge in [0, 0.05) is 57.6 Å². The molecule has 5 aromatic carbocycles. The molecule has 0 atom stereocenters. The predicted molar refractivity (Wildman–Crippen MR) is 184 cm³/mol. The first-order valence-corrected chi connectivity index (χ1v) is 14.8. The van der Waals surface area contributed by atoms with Crippen molar-refractivity contribution < 1.29 is 45.9 Å². The molecule has 3 aromatic heterocycles. The molecule has 0 spiro atoms. The Kier molecular flexibility index (Phi) is 7.63. The molecule has 0 N–H and O–H groups in total. The van der Waals surface area contributed by atoms with Gasteiger partial charge in [-0.2, -0.15) is 13.2 Å². The summed E-state index contributed by atoms with van der Waals surface area (Å²) in [4.78, 5) is 8.82. The van der Waals surface area contributed by atoms with Gasteiger partial charge in [-0.1, -0.05) is 103 Å². The number of imidazole rings is 1. The van der Waals surface area contributed by atoms with Crippen LogP contribution in [0.4, 0.5) is 13.2 Å². The second-order valence-corrected chi connectivity index (χ2v) is 10.9. The van der Waals surface area contributed by atoms with E-state index in [1.165, 1.54) is 30.5 Å². The van der Waals surface area contributed by atoms with Crippen LogP contribution < -0.4 is 0 Å². The fraction of sp³-hybridized carbons (Fsp3) is 0.0732. The molecule has 0 unspecified atom stereocenters. The largest absolute Gasteiger partial charge is 0.557 e. The molecule has 0 amide bonds. The van der Waals surface area contributed by atoms with E-state index >= 15 is 0 Å². The minimum Gasteiger partial charge on any atom is -0.557 e. The van der Waals surface area contributed by atoms with E-state index in [1.54, 1.807) is 12.1 Å². The molecular formula is C41H28F3IrN3O-2. The van der Waals surface area contributed by atoms with Crippen molar-refractivity contribution >= 4 is 22.0 Å². The molecule has 0 aliphatic rings. The quantitative estimate of drug-likeness (QED) is 0.166. The van der Waals surface area contributed by atoms with Crippen LogP contribution in [0.3, 0.4) is 0 Å². The Labute approximate surface area is 303 Å². The van der Waals surface area contributed by atoms with Crippen molar-refractivity contribution in [3.63, 3.8) is 0 Å². The Bertz CT molecular complexity index is 2490. The molecule has 0 bridgehead atoms. The van der Waals surface area contributed by atoms with Gasteiger partial charge in [0.25, 0.3) is 0 Å². The Morgan fingerprint density at radius 1 is 0.776 bits per heavy atom. The molecule has 0 saturated carbocycles. The number of benzene rings is 5. The maximum Gasteiger partial charge on any atom is 0.415 e. The van der Waals surface area contributed by atoms with Crippen molar-refractivity contribution in [3.8, 4) is 39.5 Å². The van der Waals surface area contributed by atoms with Crippen LogP contribution in [-0.4, -0.2) is 14.5 Å². The van der Waals surface area contributed by atoms with Gasteiger partial charge in [0.15, 0.2) is 0 Å². The number of aromatic nitrogens is 3. The van der Waals surface area contributed by atoms with E-state index in [4.69, 9.17) is 17.6 Å². The van der Waals surface area contributed by atoms with Crippen LogP contribution in [-0.2, 0) is 26.3 Å².